The molecule has 1 aromatic carbocycles. The maximum absolute atomic E-state index is 11.0. The van der Waals surface area contributed by atoms with E-state index in [0.717, 1.165) is 5.56 Å². The molecule has 1 aromatic rings. The van der Waals surface area contributed by atoms with Crippen molar-refractivity contribution in [2.45, 2.75) is 13.0 Å². The van der Waals surface area contributed by atoms with Crippen LogP contribution in [0.4, 0.5) is 11.4 Å². The van der Waals surface area contributed by atoms with Crippen LogP contribution in [0.5, 0.6) is 0 Å². The van der Waals surface area contributed by atoms with Crippen molar-refractivity contribution in [3.8, 4) is 0 Å². The van der Waals surface area contributed by atoms with Gasteiger partial charge in [-0.2, -0.15) is 0 Å². The summed E-state index contributed by atoms with van der Waals surface area (Å²) in [7, 11) is 0. The molecule has 0 amide bonds. The molecule has 1 saturated heterocycles. The molecule has 1 unspecified atom stereocenters. The van der Waals surface area contributed by atoms with Crippen molar-refractivity contribution in [1.29, 1.82) is 0 Å². The van der Waals surface area contributed by atoms with Gasteiger partial charge >= 0.3 is 0 Å². The minimum atomic E-state index is -0.346. The number of ether oxygens (including phenoxy) is 1. The lowest BCUT2D eigenvalue weighted by Gasteiger charge is -2.33. The van der Waals surface area contributed by atoms with E-state index in [-0.39, 0.29) is 16.7 Å². The highest BCUT2D eigenvalue weighted by Crippen LogP contribution is 2.30. The number of nitrogens with two attached hydrogens (primary N) is 1. The lowest BCUT2D eigenvalue weighted by Crippen LogP contribution is -2.45. The second kappa shape index (κ2) is 5.32. The van der Waals surface area contributed by atoms with Crippen molar-refractivity contribution in [2.75, 3.05) is 31.1 Å². The molecule has 6 heteroatoms. The third kappa shape index (κ3) is 2.60. The summed E-state index contributed by atoms with van der Waals surface area (Å²) in [5.74, 6) is 0. The van der Waals surface area contributed by atoms with E-state index in [2.05, 4.69) is 0 Å². The number of rotatable bonds is 3. The summed E-state index contributed by atoms with van der Waals surface area (Å²) in [4.78, 5) is 12.7. The summed E-state index contributed by atoms with van der Waals surface area (Å²) in [6.07, 6.45) is -0.0566. The summed E-state index contributed by atoms with van der Waals surface area (Å²) in [6, 6.07) is 5.15. The fraction of sp³-hybridized carbons (Fsp3) is 0.500. The van der Waals surface area contributed by atoms with Gasteiger partial charge < -0.3 is 15.4 Å². The van der Waals surface area contributed by atoms with Crippen molar-refractivity contribution < 1.29 is 9.66 Å². The molecule has 0 bridgehead atoms. The molecule has 0 radical (unpaired) electrons. The number of nitro benzene ring substituents is 1. The molecule has 1 aliphatic rings. The fourth-order valence-electron chi connectivity index (χ4n) is 2.12. The van der Waals surface area contributed by atoms with Crippen molar-refractivity contribution in [1.82, 2.24) is 0 Å². The van der Waals surface area contributed by atoms with Gasteiger partial charge in [0.25, 0.3) is 5.69 Å². The summed E-state index contributed by atoms with van der Waals surface area (Å²) in [5.41, 5.74) is 7.38. The first-order chi connectivity index (χ1) is 8.61. The van der Waals surface area contributed by atoms with E-state index in [1.807, 2.05) is 17.9 Å². The molecule has 98 valence electrons. The standard InChI is InChI=1S/C12H17N3O3/c1-9-2-3-11(15(16)17)12(6-9)14-4-5-18-10(7-13)8-14/h2-3,6,10H,4-5,7-8,13H2,1H3. The Kier molecular flexibility index (Phi) is 3.78. The van der Waals surface area contributed by atoms with Gasteiger partial charge in [0, 0.05) is 25.7 Å². The zero-order valence-electron chi connectivity index (χ0n) is 10.3. The molecule has 0 aliphatic carbocycles. The number of nitro groups is 1. The molecule has 1 aliphatic heterocycles. The van der Waals surface area contributed by atoms with E-state index in [0.29, 0.717) is 31.9 Å². The summed E-state index contributed by atoms with van der Waals surface area (Å²) in [6.45, 7) is 4.15. The fourth-order valence-corrected chi connectivity index (χ4v) is 2.12. The Bertz CT molecular complexity index is 450. The molecule has 0 spiro atoms. The quantitative estimate of drug-likeness (QED) is 0.642. The molecule has 18 heavy (non-hydrogen) atoms. The number of benzene rings is 1. The van der Waals surface area contributed by atoms with E-state index in [1.165, 1.54) is 0 Å². The van der Waals surface area contributed by atoms with Crippen LogP contribution >= 0.6 is 0 Å². The van der Waals surface area contributed by atoms with Gasteiger partial charge in [0.2, 0.25) is 0 Å². The third-order valence-electron chi connectivity index (χ3n) is 3.07. The van der Waals surface area contributed by atoms with E-state index < -0.39 is 0 Å². The Morgan fingerprint density at radius 1 is 1.61 bits per heavy atom. The van der Waals surface area contributed by atoms with Gasteiger partial charge in [0.1, 0.15) is 5.69 Å². The topological polar surface area (TPSA) is 81.6 Å². The zero-order chi connectivity index (χ0) is 13.1. The van der Waals surface area contributed by atoms with E-state index in [1.54, 1.807) is 12.1 Å². The molecule has 1 heterocycles. The van der Waals surface area contributed by atoms with E-state index >= 15 is 0 Å². The molecular weight excluding hydrogens is 234 g/mol. The molecule has 2 rings (SSSR count). The number of aryl methyl sites for hydroxylation is 1. The van der Waals surface area contributed by atoms with Crippen LogP contribution in [0.15, 0.2) is 18.2 Å². The van der Waals surface area contributed by atoms with Crippen LogP contribution < -0.4 is 10.6 Å². The number of anilines is 1. The summed E-state index contributed by atoms with van der Waals surface area (Å²) >= 11 is 0. The maximum atomic E-state index is 11.0. The van der Waals surface area contributed by atoms with Gasteiger partial charge in [-0.15, -0.1) is 0 Å². The number of hydrogen-bond acceptors (Lipinski definition) is 5. The summed E-state index contributed by atoms with van der Waals surface area (Å²) < 4.78 is 5.47. The average Bonchev–Trinajstić information content (AvgIpc) is 2.38. The highest BCUT2D eigenvalue weighted by atomic mass is 16.6. The van der Waals surface area contributed by atoms with Gasteiger partial charge in [0.05, 0.1) is 17.6 Å². The first kappa shape index (κ1) is 12.8. The van der Waals surface area contributed by atoms with Crippen molar-refractivity contribution in [2.24, 2.45) is 5.73 Å². The Labute approximate surface area is 105 Å². The predicted octanol–water partition coefficient (Wildman–Crippen LogP) is 1.07. The molecule has 1 atom stereocenters. The van der Waals surface area contributed by atoms with Crippen LogP contribution in [0, 0.1) is 17.0 Å². The smallest absolute Gasteiger partial charge is 0.292 e. The minimum Gasteiger partial charge on any atom is -0.373 e. The second-order valence-corrected chi connectivity index (χ2v) is 4.42. The van der Waals surface area contributed by atoms with Crippen LogP contribution in [-0.4, -0.2) is 37.3 Å². The van der Waals surface area contributed by atoms with Crippen LogP contribution in [-0.2, 0) is 4.74 Å². The number of morpholine rings is 1. The SMILES string of the molecule is Cc1ccc([N+](=O)[O-])c(N2CCOC(CN)C2)c1. The highest BCUT2D eigenvalue weighted by Gasteiger charge is 2.25. The van der Waals surface area contributed by atoms with Crippen molar-refractivity contribution >= 4 is 11.4 Å². The molecule has 0 aromatic heterocycles. The first-order valence-electron chi connectivity index (χ1n) is 5.93. The van der Waals surface area contributed by atoms with Crippen molar-refractivity contribution in [3.63, 3.8) is 0 Å². The van der Waals surface area contributed by atoms with Gasteiger partial charge in [-0.1, -0.05) is 6.07 Å². The van der Waals surface area contributed by atoms with Gasteiger partial charge in [-0.05, 0) is 18.6 Å². The minimum absolute atomic E-state index is 0.0566. The van der Waals surface area contributed by atoms with Crippen molar-refractivity contribution in [3.05, 3.63) is 33.9 Å². The normalized spacial score (nSPS) is 19.9. The number of nitrogens with zero attached hydrogens (tertiary/aromatic N) is 2. The maximum Gasteiger partial charge on any atom is 0.292 e. The molecule has 1 fully saturated rings. The van der Waals surface area contributed by atoms with Gasteiger partial charge in [-0.25, -0.2) is 0 Å². The molecule has 6 nitrogen and oxygen atoms in total. The average molecular weight is 251 g/mol. The monoisotopic (exact) mass is 251 g/mol. The highest BCUT2D eigenvalue weighted by molar-refractivity contribution is 5.64. The van der Waals surface area contributed by atoms with Crippen LogP contribution in [0.3, 0.4) is 0 Å². The Morgan fingerprint density at radius 2 is 2.39 bits per heavy atom. The largest absolute Gasteiger partial charge is 0.373 e. The summed E-state index contributed by atoms with van der Waals surface area (Å²) in [5, 5.41) is 11.0. The molecule has 2 N–H and O–H groups in total. The first-order valence-corrected chi connectivity index (χ1v) is 5.93. The van der Waals surface area contributed by atoms with Crippen LogP contribution in [0.25, 0.3) is 0 Å². The molecular formula is C12H17N3O3. The Hall–Kier alpha value is -1.66. The third-order valence-corrected chi connectivity index (χ3v) is 3.07. The van der Waals surface area contributed by atoms with Gasteiger partial charge in [0.15, 0.2) is 0 Å². The molecule has 0 saturated carbocycles. The zero-order valence-corrected chi connectivity index (χ0v) is 10.3. The Morgan fingerprint density at radius 3 is 3.06 bits per heavy atom. The van der Waals surface area contributed by atoms with Crippen LogP contribution in [0.2, 0.25) is 0 Å². The predicted molar refractivity (Wildman–Crippen MR) is 68.8 cm³/mol. The lowest BCUT2D eigenvalue weighted by molar-refractivity contribution is -0.384. The Balaban J connectivity index is 2.31. The lowest BCUT2D eigenvalue weighted by atomic mass is 10.1. The van der Waals surface area contributed by atoms with Gasteiger partial charge in [-0.3, -0.25) is 10.1 Å². The second-order valence-electron chi connectivity index (χ2n) is 4.42. The number of hydrogen-bond donors (Lipinski definition) is 1. The van der Waals surface area contributed by atoms with E-state index in [9.17, 15) is 10.1 Å². The van der Waals surface area contributed by atoms with Crippen LogP contribution in [0.1, 0.15) is 5.56 Å². The van der Waals surface area contributed by atoms with E-state index in [4.69, 9.17) is 10.5 Å².